The van der Waals surface area contributed by atoms with Crippen LogP contribution in [0.5, 0.6) is 0 Å². The summed E-state index contributed by atoms with van der Waals surface area (Å²) in [7, 11) is 1.33. The number of esters is 1. The third kappa shape index (κ3) is 1.70. The van der Waals surface area contributed by atoms with Crippen LogP contribution >= 0.6 is 0 Å². The Bertz CT molecular complexity index is 256. The highest BCUT2D eigenvalue weighted by atomic mass is 16.5. The maximum atomic E-state index is 10.7. The normalized spacial score (nSPS) is 9.55. The molecule has 1 aromatic heterocycles. The lowest BCUT2D eigenvalue weighted by Gasteiger charge is -1.95. The van der Waals surface area contributed by atoms with E-state index in [1.54, 1.807) is 0 Å². The molecule has 0 saturated heterocycles. The summed E-state index contributed by atoms with van der Waals surface area (Å²) in [5.74, 6) is 0.0912. The van der Waals surface area contributed by atoms with Crippen molar-refractivity contribution < 1.29 is 9.53 Å². The van der Waals surface area contributed by atoms with Gasteiger partial charge in [0.15, 0.2) is 0 Å². The molecule has 0 aliphatic heterocycles. The number of H-pyrrole nitrogens is 1. The summed E-state index contributed by atoms with van der Waals surface area (Å²) in [4.78, 5) is 10.7. The standard InChI is InChI=1S/C6H9N3O2/c1-11-5(10)2-4-3-8-9-6(4)7/h3H,2H2,1H3,(H3,7,8,9). The fourth-order valence-electron chi connectivity index (χ4n) is 0.690. The van der Waals surface area contributed by atoms with Gasteiger partial charge in [0, 0.05) is 5.56 Å². The molecule has 0 aliphatic carbocycles. The fraction of sp³-hybridized carbons (Fsp3) is 0.333. The molecule has 0 fully saturated rings. The number of aromatic amines is 1. The molecule has 5 nitrogen and oxygen atoms in total. The second kappa shape index (κ2) is 3.05. The first-order chi connectivity index (χ1) is 5.24. The quantitative estimate of drug-likeness (QED) is 0.575. The molecule has 60 valence electrons. The molecule has 1 heterocycles. The van der Waals surface area contributed by atoms with E-state index in [9.17, 15) is 4.79 Å². The number of carbonyl (C=O) groups excluding carboxylic acids is 1. The molecule has 3 N–H and O–H groups in total. The third-order valence-electron chi connectivity index (χ3n) is 1.31. The Kier molecular flexibility index (Phi) is 2.10. The molecular weight excluding hydrogens is 146 g/mol. The average Bonchev–Trinajstić information content (AvgIpc) is 2.37. The Morgan fingerprint density at radius 1 is 1.91 bits per heavy atom. The third-order valence-corrected chi connectivity index (χ3v) is 1.31. The summed E-state index contributed by atoms with van der Waals surface area (Å²) in [6, 6.07) is 0. The summed E-state index contributed by atoms with van der Waals surface area (Å²) in [6.45, 7) is 0. The predicted octanol–water partition coefficient (Wildman–Crippen LogP) is -0.293. The summed E-state index contributed by atoms with van der Waals surface area (Å²) in [6.07, 6.45) is 1.67. The lowest BCUT2D eigenvalue weighted by Crippen LogP contribution is -2.05. The molecule has 0 unspecified atom stereocenters. The van der Waals surface area contributed by atoms with Crippen molar-refractivity contribution in [3.63, 3.8) is 0 Å². The molecule has 0 amide bonds. The van der Waals surface area contributed by atoms with E-state index in [1.165, 1.54) is 13.3 Å². The van der Waals surface area contributed by atoms with Gasteiger partial charge in [-0.25, -0.2) is 0 Å². The van der Waals surface area contributed by atoms with Crippen LogP contribution in [0.25, 0.3) is 0 Å². The number of ether oxygens (including phenoxy) is 1. The highest BCUT2D eigenvalue weighted by Crippen LogP contribution is 2.06. The molecule has 0 spiro atoms. The van der Waals surface area contributed by atoms with Crippen molar-refractivity contribution in [3.05, 3.63) is 11.8 Å². The predicted molar refractivity (Wildman–Crippen MR) is 38.7 cm³/mol. The largest absolute Gasteiger partial charge is 0.469 e. The van der Waals surface area contributed by atoms with Crippen molar-refractivity contribution in [2.45, 2.75) is 6.42 Å². The number of aromatic nitrogens is 2. The first-order valence-corrected chi connectivity index (χ1v) is 3.08. The number of nitrogens with two attached hydrogens (primary N) is 1. The van der Waals surface area contributed by atoms with E-state index in [1.807, 2.05) is 0 Å². The summed E-state index contributed by atoms with van der Waals surface area (Å²) < 4.78 is 4.44. The van der Waals surface area contributed by atoms with Gasteiger partial charge >= 0.3 is 5.97 Å². The zero-order valence-electron chi connectivity index (χ0n) is 6.13. The minimum absolute atomic E-state index is 0.166. The maximum Gasteiger partial charge on any atom is 0.310 e. The first kappa shape index (κ1) is 7.59. The lowest BCUT2D eigenvalue weighted by molar-refractivity contribution is -0.139. The minimum Gasteiger partial charge on any atom is -0.469 e. The fourth-order valence-corrected chi connectivity index (χ4v) is 0.690. The highest BCUT2D eigenvalue weighted by Gasteiger charge is 2.06. The van der Waals surface area contributed by atoms with Crippen LogP contribution in [-0.4, -0.2) is 23.3 Å². The van der Waals surface area contributed by atoms with Crippen LogP contribution in [0.2, 0.25) is 0 Å². The number of nitrogen functional groups attached to an aromatic ring is 1. The lowest BCUT2D eigenvalue weighted by atomic mass is 10.2. The Balaban J connectivity index is 2.64. The van der Waals surface area contributed by atoms with E-state index in [0.29, 0.717) is 11.4 Å². The number of anilines is 1. The molecule has 1 aromatic rings. The number of carbonyl (C=O) groups is 1. The van der Waals surface area contributed by atoms with E-state index >= 15 is 0 Å². The molecule has 1 rings (SSSR count). The molecule has 0 aliphatic rings. The Morgan fingerprint density at radius 2 is 2.64 bits per heavy atom. The number of rotatable bonds is 2. The van der Waals surface area contributed by atoms with Gasteiger partial charge in [-0.3, -0.25) is 9.89 Å². The SMILES string of the molecule is COC(=O)Cc1cn[nH]c1N. The van der Waals surface area contributed by atoms with E-state index in [2.05, 4.69) is 14.9 Å². The van der Waals surface area contributed by atoms with Gasteiger partial charge in [-0.15, -0.1) is 0 Å². The monoisotopic (exact) mass is 155 g/mol. The van der Waals surface area contributed by atoms with E-state index in [0.717, 1.165) is 0 Å². The van der Waals surface area contributed by atoms with Crippen molar-refractivity contribution in [3.8, 4) is 0 Å². The average molecular weight is 155 g/mol. The number of methoxy groups -OCH3 is 1. The molecule has 0 saturated carbocycles. The van der Waals surface area contributed by atoms with Crippen molar-refractivity contribution in [2.24, 2.45) is 0 Å². The van der Waals surface area contributed by atoms with Crippen molar-refractivity contribution in [2.75, 3.05) is 12.8 Å². The maximum absolute atomic E-state index is 10.7. The highest BCUT2D eigenvalue weighted by molar-refractivity contribution is 5.73. The molecule has 11 heavy (non-hydrogen) atoms. The summed E-state index contributed by atoms with van der Waals surface area (Å²) in [5.41, 5.74) is 6.08. The Morgan fingerprint density at radius 3 is 3.09 bits per heavy atom. The zero-order chi connectivity index (χ0) is 8.27. The van der Waals surface area contributed by atoms with Gasteiger partial charge in [-0.1, -0.05) is 0 Å². The number of nitrogens with one attached hydrogen (secondary N) is 1. The minimum atomic E-state index is -0.321. The van der Waals surface area contributed by atoms with Gasteiger partial charge in [0.2, 0.25) is 0 Å². The first-order valence-electron chi connectivity index (χ1n) is 3.08. The number of hydrogen-bond acceptors (Lipinski definition) is 4. The van der Waals surface area contributed by atoms with Crippen LogP contribution in [0.3, 0.4) is 0 Å². The van der Waals surface area contributed by atoms with Crippen LogP contribution in [0.4, 0.5) is 5.82 Å². The second-order valence-corrected chi connectivity index (χ2v) is 2.06. The van der Waals surface area contributed by atoms with Crippen molar-refractivity contribution >= 4 is 11.8 Å². The van der Waals surface area contributed by atoms with Crippen molar-refractivity contribution in [1.82, 2.24) is 10.2 Å². The van der Waals surface area contributed by atoms with Gasteiger partial charge in [0.1, 0.15) is 5.82 Å². The topological polar surface area (TPSA) is 81.0 Å². The number of hydrogen-bond donors (Lipinski definition) is 2. The summed E-state index contributed by atoms with van der Waals surface area (Å²) >= 11 is 0. The van der Waals surface area contributed by atoms with Gasteiger partial charge in [-0.2, -0.15) is 5.10 Å². The van der Waals surface area contributed by atoms with Gasteiger partial charge in [0.25, 0.3) is 0 Å². The second-order valence-electron chi connectivity index (χ2n) is 2.06. The van der Waals surface area contributed by atoms with Gasteiger partial charge in [0.05, 0.1) is 19.7 Å². The molecule has 0 atom stereocenters. The van der Waals surface area contributed by atoms with Crippen LogP contribution in [0.1, 0.15) is 5.56 Å². The smallest absolute Gasteiger partial charge is 0.310 e. The molecule has 5 heteroatoms. The molecular formula is C6H9N3O2. The van der Waals surface area contributed by atoms with Crippen LogP contribution in [0.15, 0.2) is 6.20 Å². The summed E-state index contributed by atoms with van der Waals surface area (Å²) in [5, 5.41) is 6.17. The van der Waals surface area contributed by atoms with Gasteiger partial charge in [-0.05, 0) is 0 Å². The van der Waals surface area contributed by atoms with E-state index in [-0.39, 0.29) is 12.4 Å². The van der Waals surface area contributed by atoms with Crippen LogP contribution in [0, 0.1) is 0 Å². The molecule has 0 radical (unpaired) electrons. The van der Waals surface area contributed by atoms with Crippen LogP contribution in [-0.2, 0) is 16.0 Å². The van der Waals surface area contributed by atoms with E-state index < -0.39 is 0 Å². The zero-order valence-corrected chi connectivity index (χ0v) is 6.13. The number of nitrogens with zero attached hydrogens (tertiary/aromatic N) is 1. The Hall–Kier alpha value is -1.52. The van der Waals surface area contributed by atoms with Gasteiger partial charge < -0.3 is 10.5 Å². The van der Waals surface area contributed by atoms with E-state index in [4.69, 9.17) is 5.73 Å². The van der Waals surface area contributed by atoms with Crippen molar-refractivity contribution in [1.29, 1.82) is 0 Å². The van der Waals surface area contributed by atoms with Crippen LogP contribution < -0.4 is 5.73 Å². The Labute approximate surface area is 63.5 Å². The molecule has 0 aromatic carbocycles. The molecule has 0 bridgehead atoms.